The Morgan fingerprint density at radius 1 is 1.53 bits per heavy atom. The minimum Gasteiger partial charge on any atom is -0.468 e. The lowest BCUT2D eigenvalue weighted by Crippen LogP contribution is -2.26. The zero-order valence-corrected chi connectivity index (χ0v) is 9.08. The van der Waals surface area contributed by atoms with E-state index in [0.717, 1.165) is 5.69 Å². The molecule has 1 aromatic rings. The summed E-state index contributed by atoms with van der Waals surface area (Å²) in [4.78, 5) is 12.7. The Morgan fingerprint density at radius 2 is 2.20 bits per heavy atom. The second kappa shape index (κ2) is 4.77. The highest BCUT2D eigenvalue weighted by molar-refractivity contribution is 5.75. The van der Waals surface area contributed by atoms with Crippen molar-refractivity contribution in [2.75, 3.05) is 25.6 Å². The quantitative estimate of drug-likeness (QED) is 0.713. The van der Waals surface area contributed by atoms with Gasteiger partial charge in [0.1, 0.15) is 12.4 Å². The maximum absolute atomic E-state index is 13.0. The lowest BCUT2D eigenvalue weighted by molar-refractivity contribution is -0.138. The number of benzene rings is 1. The number of halogens is 1. The van der Waals surface area contributed by atoms with Crippen LogP contribution in [0.2, 0.25) is 0 Å². The number of rotatable bonds is 3. The number of hydrogen-bond acceptors (Lipinski definition) is 3. The molecule has 0 aliphatic carbocycles. The van der Waals surface area contributed by atoms with Crippen molar-refractivity contribution < 1.29 is 13.9 Å². The highest BCUT2D eigenvalue weighted by atomic mass is 19.1. The first kappa shape index (κ1) is 11.5. The first-order valence-electron chi connectivity index (χ1n) is 4.58. The van der Waals surface area contributed by atoms with Crippen LogP contribution in [-0.2, 0) is 9.53 Å². The Bertz CT molecular complexity index is 366. The molecule has 0 spiro atoms. The highest BCUT2D eigenvalue weighted by Gasteiger charge is 2.08. The van der Waals surface area contributed by atoms with Crippen molar-refractivity contribution in [3.05, 3.63) is 29.6 Å². The summed E-state index contributed by atoms with van der Waals surface area (Å²) in [6.07, 6.45) is 0. The van der Waals surface area contributed by atoms with Gasteiger partial charge >= 0.3 is 5.97 Å². The summed E-state index contributed by atoms with van der Waals surface area (Å²) in [5.41, 5.74) is 1.35. The van der Waals surface area contributed by atoms with Crippen molar-refractivity contribution in [2.45, 2.75) is 6.92 Å². The molecule has 1 rings (SSSR count). The third-order valence-electron chi connectivity index (χ3n) is 2.18. The average Bonchev–Trinajstić information content (AvgIpc) is 2.21. The van der Waals surface area contributed by atoms with Crippen molar-refractivity contribution in [1.82, 2.24) is 0 Å². The van der Waals surface area contributed by atoms with E-state index in [9.17, 15) is 9.18 Å². The molecule has 0 N–H and O–H groups in total. The van der Waals surface area contributed by atoms with Gasteiger partial charge in [0.25, 0.3) is 0 Å². The van der Waals surface area contributed by atoms with E-state index in [1.165, 1.54) is 13.2 Å². The van der Waals surface area contributed by atoms with E-state index in [0.29, 0.717) is 5.56 Å². The number of anilines is 1. The molecule has 0 aliphatic heterocycles. The fourth-order valence-electron chi connectivity index (χ4n) is 1.22. The molecule has 0 fully saturated rings. The smallest absolute Gasteiger partial charge is 0.325 e. The van der Waals surface area contributed by atoms with Crippen LogP contribution in [0.15, 0.2) is 18.2 Å². The van der Waals surface area contributed by atoms with Gasteiger partial charge in [0.05, 0.1) is 7.11 Å². The minimum absolute atomic E-state index is 0.154. The maximum atomic E-state index is 13.0. The molecule has 1 aromatic carbocycles. The Hall–Kier alpha value is -1.58. The number of nitrogens with zero attached hydrogens (tertiary/aromatic N) is 1. The van der Waals surface area contributed by atoms with Gasteiger partial charge in [-0.2, -0.15) is 0 Å². The van der Waals surface area contributed by atoms with Gasteiger partial charge in [0.2, 0.25) is 0 Å². The summed E-state index contributed by atoms with van der Waals surface area (Å²) in [7, 11) is 3.09. The molecule has 15 heavy (non-hydrogen) atoms. The van der Waals surface area contributed by atoms with Crippen LogP contribution in [0.1, 0.15) is 5.56 Å². The van der Waals surface area contributed by atoms with Crippen molar-refractivity contribution in [3.63, 3.8) is 0 Å². The maximum Gasteiger partial charge on any atom is 0.325 e. The minimum atomic E-state index is -0.320. The van der Waals surface area contributed by atoms with Gasteiger partial charge in [-0.15, -0.1) is 0 Å². The molecule has 82 valence electrons. The van der Waals surface area contributed by atoms with Crippen LogP contribution in [0.5, 0.6) is 0 Å². The molecule has 0 heterocycles. The fraction of sp³-hybridized carbons (Fsp3) is 0.364. The van der Waals surface area contributed by atoms with Crippen LogP contribution in [-0.4, -0.2) is 26.7 Å². The summed E-state index contributed by atoms with van der Waals surface area (Å²) < 4.78 is 17.5. The molecule has 0 atom stereocenters. The zero-order valence-electron chi connectivity index (χ0n) is 9.08. The van der Waals surface area contributed by atoms with Crippen LogP contribution >= 0.6 is 0 Å². The topological polar surface area (TPSA) is 29.5 Å². The van der Waals surface area contributed by atoms with Gasteiger partial charge in [-0.3, -0.25) is 4.79 Å². The third kappa shape index (κ3) is 2.94. The average molecular weight is 211 g/mol. The Balaban J connectivity index is 2.78. The normalized spacial score (nSPS) is 9.87. The first-order valence-corrected chi connectivity index (χ1v) is 4.58. The Morgan fingerprint density at radius 3 is 2.73 bits per heavy atom. The Kier molecular flexibility index (Phi) is 3.66. The van der Waals surface area contributed by atoms with Gasteiger partial charge in [0, 0.05) is 12.7 Å². The number of methoxy groups -OCH3 is 1. The van der Waals surface area contributed by atoms with Gasteiger partial charge in [-0.1, -0.05) is 0 Å². The van der Waals surface area contributed by atoms with Gasteiger partial charge in [0.15, 0.2) is 0 Å². The van der Waals surface area contributed by atoms with E-state index >= 15 is 0 Å². The predicted octanol–water partition coefficient (Wildman–Crippen LogP) is 1.74. The van der Waals surface area contributed by atoms with E-state index in [4.69, 9.17) is 0 Å². The first-order chi connectivity index (χ1) is 7.04. The molecule has 0 unspecified atom stereocenters. The summed E-state index contributed by atoms with van der Waals surface area (Å²) >= 11 is 0. The zero-order chi connectivity index (χ0) is 11.4. The van der Waals surface area contributed by atoms with Crippen LogP contribution in [0.4, 0.5) is 10.1 Å². The number of hydrogen-bond donors (Lipinski definition) is 0. The van der Waals surface area contributed by atoms with Crippen LogP contribution in [0.25, 0.3) is 0 Å². The fourth-order valence-corrected chi connectivity index (χ4v) is 1.22. The monoisotopic (exact) mass is 211 g/mol. The summed E-state index contributed by atoms with van der Waals surface area (Å²) in [5, 5.41) is 0. The van der Waals surface area contributed by atoms with Crippen molar-refractivity contribution in [2.24, 2.45) is 0 Å². The van der Waals surface area contributed by atoms with E-state index in [2.05, 4.69) is 4.74 Å². The van der Waals surface area contributed by atoms with Gasteiger partial charge < -0.3 is 9.64 Å². The molecular formula is C11H14FNO2. The molecule has 3 nitrogen and oxygen atoms in total. The summed E-state index contributed by atoms with van der Waals surface area (Å²) in [5.74, 6) is -0.565. The Labute approximate surface area is 88.5 Å². The molecule has 0 saturated heterocycles. The van der Waals surface area contributed by atoms with E-state index in [1.54, 1.807) is 31.0 Å². The highest BCUT2D eigenvalue weighted by Crippen LogP contribution is 2.16. The van der Waals surface area contributed by atoms with Gasteiger partial charge in [-0.05, 0) is 30.7 Å². The molecule has 0 amide bonds. The van der Waals surface area contributed by atoms with E-state index < -0.39 is 0 Å². The summed E-state index contributed by atoms with van der Waals surface area (Å²) in [6.45, 7) is 1.84. The SMILES string of the molecule is COC(=O)CN(C)c1ccc(F)c(C)c1. The second-order valence-electron chi connectivity index (χ2n) is 3.37. The standard InChI is InChI=1S/C11H14FNO2/c1-8-6-9(4-5-10(8)12)13(2)7-11(14)15-3/h4-6H,7H2,1-3H3. The second-order valence-corrected chi connectivity index (χ2v) is 3.37. The number of aryl methyl sites for hydroxylation is 1. The largest absolute Gasteiger partial charge is 0.468 e. The molecular weight excluding hydrogens is 197 g/mol. The van der Waals surface area contributed by atoms with E-state index in [-0.39, 0.29) is 18.3 Å². The number of ether oxygens (including phenoxy) is 1. The lowest BCUT2D eigenvalue weighted by Gasteiger charge is -2.18. The number of carbonyl (C=O) groups is 1. The van der Waals surface area contributed by atoms with Crippen molar-refractivity contribution in [3.8, 4) is 0 Å². The molecule has 0 aliphatic rings. The molecule has 0 saturated carbocycles. The van der Waals surface area contributed by atoms with Crippen LogP contribution in [0.3, 0.4) is 0 Å². The predicted molar refractivity (Wildman–Crippen MR) is 56.4 cm³/mol. The van der Waals surface area contributed by atoms with Crippen molar-refractivity contribution in [1.29, 1.82) is 0 Å². The van der Waals surface area contributed by atoms with E-state index in [1.807, 2.05) is 0 Å². The molecule has 0 radical (unpaired) electrons. The number of likely N-dealkylation sites (N-methyl/N-ethyl adjacent to an activating group) is 1. The summed E-state index contributed by atoms with van der Waals surface area (Å²) in [6, 6.07) is 4.71. The molecule has 0 aromatic heterocycles. The molecule has 0 bridgehead atoms. The number of esters is 1. The van der Waals surface area contributed by atoms with Crippen molar-refractivity contribution >= 4 is 11.7 Å². The van der Waals surface area contributed by atoms with Crippen LogP contribution < -0.4 is 4.90 Å². The number of carbonyl (C=O) groups excluding carboxylic acids is 1. The van der Waals surface area contributed by atoms with Gasteiger partial charge in [-0.25, -0.2) is 4.39 Å². The lowest BCUT2D eigenvalue weighted by atomic mass is 10.2. The van der Waals surface area contributed by atoms with Crippen LogP contribution in [0, 0.1) is 12.7 Å². The molecule has 4 heteroatoms. The third-order valence-corrected chi connectivity index (χ3v) is 2.18.